The zero-order valence-electron chi connectivity index (χ0n) is 13.0. The van der Waals surface area contributed by atoms with Crippen LogP contribution < -0.4 is 10.9 Å². The number of nitrogens with one attached hydrogen (secondary N) is 1. The van der Waals surface area contributed by atoms with Crippen molar-refractivity contribution in [2.75, 3.05) is 0 Å². The summed E-state index contributed by atoms with van der Waals surface area (Å²) in [4.78, 5) is 29.1. The summed E-state index contributed by atoms with van der Waals surface area (Å²) in [7, 11) is 0. The first kappa shape index (κ1) is 14.8. The van der Waals surface area contributed by atoms with Crippen molar-refractivity contribution in [3.63, 3.8) is 0 Å². The van der Waals surface area contributed by atoms with Gasteiger partial charge in [-0.3, -0.25) is 14.0 Å². The average Bonchev–Trinajstić information content (AvgIpc) is 2.51. The molecule has 1 aliphatic rings. The van der Waals surface area contributed by atoms with Crippen molar-refractivity contribution in [1.82, 2.24) is 14.7 Å². The number of fused-ring (bicyclic) bond motifs is 1. The number of hydrogen-bond acceptors (Lipinski definition) is 3. The van der Waals surface area contributed by atoms with E-state index >= 15 is 0 Å². The highest BCUT2D eigenvalue weighted by Crippen LogP contribution is 2.31. The third kappa shape index (κ3) is 2.75. The Hall–Kier alpha value is -2.17. The van der Waals surface area contributed by atoms with E-state index in [9.17, 15) is 9.59 Å². The highest BCUT2D eigenvalue weighted by Gasteiger charge is 2.31. The molecule has 5 nitrogen and oxygen atoms in total. The smallest absolute Gasteiger partial charge is 0.270 e. The third-order valence-corrected chi connectivity index (χ3v) is 4.65. The van der Waals surface area contributed by atoms with Crippen LogP contribution in [-0.2, 0) is 0 Å². The minimum atomic E-state index is -0.326. The van der Waals surface area contributed by atoms with E-state index in [2.05, 4.69) is 24.1 Å². The highest BCUT2D eigenvalue weighted by atomic mass is 16.2. The lowest BCUT2D eigenvalue weighted by Crippen LogP contribution is -2.49. The lowest BCUT2D eigenvalue weighted by molar-refractivity contribution is 0.0867. The fraction of sp³-hybridized carbons (Fsp3) is 0.471. The van der Waals surface area contributed by atoms with Crippen LogP contribution in [0.3, 0.4) is 0 Å². The third-order valence-electron chi connectivity index (χ3n) is 4.65. The van der Waals surface area contributed by atoms with Crippen molar-refractivity contribution in [2.24, 2.45) is 5.92 Å². The Balaban J connectivity index is 1.87. The summed E-state index contributed by atoms with van der Waals surface area (Å²) in [6.07, 6.45) is 7.11. The first-order chi connectivity index (χ1) is 10.5. The summed E-state index contributed by atoms with van der Waals surface area (Å²) in [6, 6.07) is 5.31. The zero-order chi connectivity index (χ0) is 15.7. The summed E-state index contributed by atoms with van der Waals surface area (Å²) in [6.45, 7) is 4.30. The fourth-order valence-electron chi connectivity index (χ4n) is 3.05. The van der Waals surface area contributed by atoms with Crippen LogP contribution in [0.1, 0.15) is 49.9 Å². The van der Waals surface area contributed by atoms with Gasteiger partial charge in [0.25, 0.3) is 11.5 Å². The van der Waals surface area contributed by atoms with E-state index in [1.165, 1.54) is 10.6 Å². The quantitative estimate of drug-likeness (QED) is 0.926. The number of rotatable bonds is 2. The van der Waals surface area contributed by atoms with E-state index in [1.54, 1.807) is 18.3 Å². The molecule has 0 aromatic carbocycles. The van der Waals surface area contributed by atoms with Gasteiger partial charge in [-0.2, -0.15) is 0 Å². The van der Waals surface area contributed by atoms with Crippen LogP contribution in [0.5, 0.6) is 0 Å². The monoisotopic (exact) mass is 299 g/mol. The van der Waals surface area contributed by atoms with Crippen LogP contribution in [0.25, 0.3) is 5.65 Å². The summed E-state index contributed by atoms with van der Waals surface area (Å²) in [5.41, 5.74) is 0.0907. The molecule has 1 amide bonds. The lowest BCUT2D eigenvalue weighted by Gasteiger charge is -2.37. The molecule has 22 heavy (non-hydrogen) atoms. The lowest BCUT2D eigenvalue weighted by atomic mass is 9.78. The molecule has 0 bridgehead atoms. The first-order valence-corrected chi connectivity index (χ1v) is 7.77. The number of carbonyl (C=O) groups is 1. The maximum Gasteiger partial charge on any atom is 0.270 e. The van der Waals surface area contributed by atoms with Gasteiger partial charge in [-0.05, 0) is 50.7 Å². The van der Waals surface area contributed by atoms with Crippen LogP contribution in [0.15, 0.2) is 35.4 Å². The molecule has 0 saturated heterocycles. The minimum absolute atomic E-state index is 0.101. The molecule has 3 rings (SSSR count). The van der Waals surface area contributed by atoms with E-state index in [4.69, 9.17) is 0 Å². The predicted octanol–water partition coefficient (Wildman–Crippen LogP) is 2.39. The van der Waals surface area contributed by atoms with Crippen LogP contribution >= 0.6 is 0 Å². The van der Waals surface area contributed by atoms with Crippen LogP contribution in [-0.4, -0.2) is 20.8 Å². The van der Waals surface area contributed by atoms with Gasteiger partial charge in [0, 0.05) is 17.9 Å². The predicted molar refractivity (Wildman–Crippen MR) is 85.0 cm³/mol. The topological polar surface area (TPSA) is 63.5 Å². The molecule has 0 unspecified atom stereocenters. The maximum absolute atomic E-state index is 12.5. The van der Waals surface area contributed by atoms with Crippen molar-refractivity contribution in [1.29, 1.82) is 0 Å². The van der Waals surface area contributed by atoms with Gasteiger partial charge in [0.1, 0.15) is 11.2 Å². The van der Waals surface area contributed by atoms with Crippen LogP contribution in [0, 0.1) is 5.92 Å². The SMILES string of the molecule is CC1CCC(C)(NC(=O)c2cnc3ccccn3c2=O)CC1. The van der Waals surface area contributed by atoms with E-state index < -0.39 is 0 Å². The van der Waals surface area contributed by atoms with Crippen molar-refractivity contribution in [3.8, 4) is 0 Å². The van der Waals surface area contributed by atoms with Gasteiger partial charge in [0.05, 0.1) is 0 Å². The van der Waals surface area contributed by atoms with Gasteiger partial charge in [-0.1, -0.05) is 13.0 Å². The van der Waals surface area contributed by atoms with Gasteiger partial charge in [0.2, 0.25) is 0 Å². The molecule has 2 heterocycles. The van der Waals surface area contributed by atoms with Crippen molar-refractivity contribution < 1.29 is 4.79 Å². The molecular formula is C17H21N3O2. The van der Waals surface area contributed by atoms with Gasteiger partial charge in [0.15, 0.2) is 0 Å². The number of nitrogens with zero attached hydrogens (tertiary/aromatic N) is 2. The fourth-order valence-corrected chi connectivity index (χ4v) is 3.05. The summed E-state index contributed by atoms with van der Waals surface area (Å²) in [5, 5.41) is 3.05. The normalized spacial score (nSPS) is 25.1. The average molecular weight is 299 g/mol. The first-order valence-electron chi connectivity index (χ1n) is 7.77. The molecule has 0 radical (unpaired) electrons. The molecule has 2 aromatic rings. The van der Waals surface area contributed by atoms with Gasteiger partial charge in [-0.25, -0.2) is 4.98 Å². The van der Waals surface area contributed by atoms with E-state index in [0.29, 0.717) is 11.6 Å². The van der Waals surface area contributed by atoms with Gasteiger partial charge < -0.3 is 5.32 Å². The minimum Gasteiger partial charge on any atom is -0.347 e. The standard InChI is InChI=1S/C17H21N3O2/c1-12-6-8-17(2,9-7-12)19-15(21)13-11-18-14-5-3-4-10-20(14)16(13)22/h3-5,10-12H,6-9H2,1-2H3,(H,19,21). The molecule has 0 atom stereocenters. The molecule has 1 fully saturated rings. The molecule has 1 saturated carbocycles. The summed E-state index contributed by atoms with van der Waals surface area (Å²) in [5.74, 6) is 0.380. The van der Waals surface area contributed by atoms with Gasteiger partial charge in [-0.15, -0.1) is 0 Å². The second-order valence-electron chi connectivity index (χ2n) is 6.60. The number of hydrogen-bond donors (Lipinski definition) is 1. The summed E-state index contributed by atoms with van der Waals surface area (Å²) < 4.78 is 1.40. The number of pyridine rings is 1. The Bertz CT molecular complexity index is 758. The second-order valence-corrected chi connectivity index (χ2v) is 6.60. The Morgan fingerprint density at radius 2 is 2.09 bits per heavy atom. The van der Waals surface area contributed by atoms with E-state index in [1.807, 2.05) is 6.07 Å². The molecule has 0 aliphatic heterocycles. The summed E-state index contributed by atoms with van der Waals surface area (Å²) >= 11 is 0. The zero-order valence-corrected chi connectivity index (χ0v) is 13.0. The Morgan fingerprint density at radius 3 is 2.82 bits per heavy atom. The molecule has 0 spiro atoms. The number of amides is 1. The van der Waals surface area contributed by atoms with E-state index in [0.717, 1.165) is 25.7 Å². The number of aromatic nitrogens is 2. The Morgan fingerprint density at radius 1 is 1.36 bits per heavy atom. The van der Waals surface area contributed by atoms with Crippen LogP contribution in [0.4, 0.5) is 0 Å². The number of carbonyl (C=O) groups excluding carboxylic acids is 1. The molecule has 116 valence electrons. The molecule has 1 aliphatic carbocycles. The second kappa shape index (κ2) is 5.55. The molecule has 2 aromatic heterocycles. The Kier molecular flexibility index (Phi) is 3.72. The van der Waals surface area contributed by atoms with Gasteiger partial charge >= 0.3 is 0 Å². The maximum atomic E-state index is 12.5. The highest BCUT2D eigenvalue weighted by molar-refractivity contribution is 5.94. The molecular weight excluding hydrogens is 278 g/mol. The largest absolute Gasteiger partial charge is 0.347 e. The van der Waals surface area contributed by atoms with Crippen LogP contribution in [0.2, 0.25) is 0 Å². The van der Waals surface area contributed by atoms with Crippen molar-refractivity contribution >= 4 is 11.6 Å². The van der Waals surface area contributed by atoms with Crippen molar-refractivity contribution in [3.05, 3.63) is 46.5 Å². The van der Waals surface area contributed by atoms with Crippen molar-refractivity contribution in [2.45, 2.75) is 45.1 Å². The van der Waals surface area contributed by atoms with E-state index in [-0.39, 0.29) is 22.6 Å². The molecule has 1 N–H and O–H groups in total. The Labute approximate surface area is 129 Å². The molecule has 5 heteroatoms.